The molecule has 0 aliphatic heterocycles. The maximum atomic E-state index is 4.15. The van der Waals surface area contributed by atoms with Crippen molar-refractivity contribution in [2.75, 3.05) is 11.9 Å². The number of anilines is 1. The Morgan fingerprint density at radius 2 is 2.23 bits per heavy atom. The van der Waals surface area contributed by atoms with Gasteiger partial charge in [-0.3, -0.25) is 0 Å². The number of nitrogens with one attached hydrogen (secondary N) is 1. The van der Waals surface area contributed by atoms with Crippen molar-refractivity contribution in [1.29, 1.82) is 0 Å². The van der Waals surface area contributed by atoms with Gasteiger partial charge in [0.15, 0.2) is 0 Å². The molecule has 1 saturated carbocycles. The topological polar surface area (TPSA) is 37.8 Å². The Hall–Kier alpha value is -1.12. The quantitative estimate of drug-likeness (QED) is 0.767. The van der Waals surface area contributed by atoms with Crippen molar-refractivity contribution in [3.8, 4) is 0 Å². The highest BCUT2D eigenvalue weighted by Crippen LogP contribution is 2.44. The summed E-state index contributed by atoms with van der Waals surface area (Å²) in [6, 6.07) is 1.98. The van der Waals surface area contributed by atoms with Gasteiger partial charge in [-0.25, -0.2) is 9.97 Å². The second kappa shape index (κ2) is 2.98. The minimum atomic E-state index is 0.527. The van der Waals surface area contributed by atoms with Gasteiger partial charge in [0, 0.05) is 18.3 Å². The summed E-state index contributed by atoms with van der Waals surface area (Å²) in [5, 5.41) is 3.34. The molecule has 1 aromatic heterocycles. The van der Waals surface area contributed by atoms with Crippen LogP contribution in [0.4, 0.5) is 5.82 Å². The fourth-order valence-electron chi connectivity index (χ4n) is 1.25. The Kier molecular flexibility index (Phi) is 1.94. The number of rotatable bonds is 3. The van der Waals surface area contributed by atoms with Crippen molar-refractivity contribution in [3.63, 3.8) is 0 Å². The van der Waals surface area contributed by atoms with Gasteiger partial charge in [-0.2, -0.15) is 0 Å². The lowest BCUT2D eigenvalue weighted by Gasteiger charge is -2.10. The van der Waals surface area contributed by atoms with Gasteiger partial charge in [-0.15, -0.1) is 0 Å². The molecule has 1 aliphatic carbocycles. The second-order valence-electron chi connectivity index (χ2n) is 4.21. The summed E-state index contributed by atoms with van der Waals surface area (Å²) >= 11 is 0. The third-order valence-electron chi connectivity index (χ3n) is 2.60. The standard InChI is InChI=1S/C10H15N3/c1-8-5-9(13-7-12-8)11-6-10(2)3-4-10/h5,7H,3-4,6H2,1-2H3,(H,11,12,13). The zero-order chi connectivity index (χ0) is 9.31. The Balaban J connectivity index is 1.94. The van der Waals surface area contributed by atoms with Gasteiger partial charge in [0.2, 0.25) is 0 Å². The number of hydrogen-bond acceptors (Lipinski definition) is 3. The SMILES string of the molecule is Cc1cc(NCC2(C)CC2)ncn1. The lowest BCUT2D eigenvalue weighted by Crippen LogP contribution is -2.12. The Bertz CT molecular complexity index is 305. The van der Waals surface area contributed by atoms with Gasteiger partial charge < -0.3 is 5.32 Å². The molecular weight excluding hydrogens is 162 g/mol. The third kappa shape index (κ3) is 2.17. The highest BCUT2D eigenvalue weighted by atomic mass is 15.0. The largest absolute Gasteiger partial charge is 0.369 e. The van der Waals surface area contributed by atoms with E-state index in [2.05, 4.69) is 22.2 Å². The molecule has 0 unspecified atom stereocenters. The monoisotopic (exact) mass is 177 g/mol. The van der Waals surface area contributed by atoms with Gasteiger partial charge in [0.05, 0.1) is 0 Å². The van der Waals surface area contributed by atoms with E-state index in [4.69, 9.17) is 0 Å². The fourth-order valence-corrected chi connectivity index (χ4v) is 1.25. The first-order chi connectivity index (χ1) is 6.18. The molecule has 0 aromatic carbocycles. The van der Waals surface area contributed by atoms with Crippen LogP contribution < -0.4 is 5.32 Å². The Morgan fingerprint density at radius 3 is 2.85 bits per heavy atom. The lowest BCUT2D eigenvalue weighted by atomic mass is 10.1. The predicted molar refractivity (Wildman–Crippen MR) is 52.6 cm³/mol. The smallest absolute Gasteiger partial charge is 0.129 e. The summed E-state index contributed by atoms with van der Waals surface area (Å²) < 4.78 is 0. The maximum Gasteiger partial charge on any atom is 0.129 e. The third-order valence-corrected chi connectivity index (χ3v) is 2.60. The van der Waals surface area contributed by atoms with E-state index < -0.39 is 0 Å². The lowest BCUT2D eigenvalue weighted by molar-refractivity contribution is 0.609. The fraction of sp³-hybridized carbons (Fsp3) is 0.600. The average molecular weight is 177 g/mol. The molecule has 0 spiro atoms. The highest BCUT2D eigenvalue weighted by Gasteiger charge is 2.36. The van der Waals surface area contributed by atoms with Crippen LogP contribution in [-0.4, -0.2) is 16.5 Å². The highest BCUT2D eigenvalue weighted by molar-refractivity contribution is 5.35. The summed E-state index contributed by atoms with van der Waals surface area (Å²) in [6.07, 6.45) is 4.28. The van der Waals surface area contributed by atoms with E-state index in [1.54, 1.807) is 6.33 Å². The Morgan fingerprint density at radius 1 is 1.46 bits per heavy atom. The molecule has 2 rings (SSSR count). The van der Waals surface area contributed by atoms with E-state index >= 15 is 0 Å². The van der Waals surface area contributed by atoms with Crippen molar-refractivity contribution < 1.29 is 0 Å². The van der Waals surface area contributed by atoms with Crippen LogP contribution in [0.2, 0.25) is 0 Å². The van der Waals surface area contributed by atoms with E-state index in [0.717, 1.165) is 18.1 Å². The molecule has 1 aromatic rings. The van der Waals surface area contributed by atoms with Gasteiger partial charge in [0.25, 0.3) is 0 Å². The molecule has 0 bridgehead atoms. The number of hydrogen-bond donors (Lipinski definition) is 1. The van der Waals surface area contributed by atoms with Crippen molar-refractivity contribution in [2.45, 2.75) is 26.7 Å². The predicted octanol–water partition coefficient (Wildman–Crippen LogP) is 2.00. The summed E-state index contributed by atoms with van der Waals surface area (Å²) in [5.74, 6) is 0.945. The minimum absolute atomic E-state index is 0.527. The molecule has 1 N–H and O–H groups in total. The van der Waals surface area contributed by atoms with Crippen LogP contribution in [0.15, 0.2) is 12.4 Å². The summed E-state index contributed by atoms with van der Waals surface area (Å²) in [6.45, 7) is 5.31. The van der Waals surface area contributed by atoms with E-state index in [1.807, 2.05) is 13.0 Å². The molecule has 0 radical (unpaired) electrons. The zero-order valence-corrected chi connectivity index (χ0v) is 8.17. The zero-order valence-electron chi connectivity index (χ0n) is 8.17. The van der Waals surface area contributed by atoms with Crippen LogP contribution in [0.5, 0.6) is 0 Å². The number of nitrogens with zero attached hydrogens (tertiary/aromatic N) is 2. The molecule has 0 atom stereocenters. The number of aryl methyl sites for hydroxylation is 1. The van der Waals surface area contributed by atoms with E-state index in [0.29, 0.717) is 5.41 Å². The first-order valence-electron chi connectivity index (χ1n) is 4.71. The van der Waals surface area contributed by atoms with Crippen LogP contribution >= 0.6 is 0 Å². The molecule has 1 heterocycles. The van der Waals surface area contributed by atoms with Crippen molar-refractivity contribution in [2.24, 2.45) is 5.41 Å². The van der Waals surface area contributed by atoms with Gasteiger partial charge in [-0.1, -0.05) is 6.92 Å². The minimum Gasteiger partial charge on any atom is -0.369 e. The van der Waals surface area contributed by atoms with Crippen molar-refractivity contribution in [1.82, 2.24) is 9.97 Å². The van der Waals surface area contributed by atoms with Crippen molar-refractivity contribution >= 4 is 5.82 Å². The molecule has 3 nitrogen and oxygen atoms in total. The molecule has 1 fully saturated rings. The second-order valence-corrected chi connectivity index (χ2v) is 4.21. The van der Waals surface area contributed by atoms with E-state index in [9.17, 15) is 0 Å². The Labute approximate surface area is 78.6 Å². The van der Waals surface area contributed by atoms with Crippen LogP contribution in [0.1, 0.15) is 25.5 Å². The molecule has 0 amide bonds. The molecule has 13 heavy (non-hydrogen) atoms. The van der Waals surface area contributed by atoms with Crippen LogP contribution in [-0.2, 0) is 0 Å². The van der Waals surface area contributed by atoms with Crippen molar-refractivity contribution in [3.05, 3.63) is 18.1 Å². The normalized spacial score (nSPS) is 18.3. The first kappa shape index (κ1) is 8.48. The molecule has 1 aliphatic rings. The van der Waals surface area contributed by atoms with Gasteiger partial charge in [-0.05, 0) is 25.2 Å². The number of aromatic nitrogens is 2. The summed E-state index contributed by atoms with van der Waals surface area (Å²) in [4.78, 5) is 8.20. The maximum absolute atomic E-state index is 4.15. The molecule has 3 heteroatoms. The summed E-state index contributed by atoms with van der Waals surface area (Å²) in [7, 11) is 0. The van der Waals surface area contributed by atoms with Crippen LogP contribution in [0.25, 0.3) is 0 Å². The molecule has 70 valence electrons. The molecular formula is C10H15N3. The van der Waals surface area contributed by atoms with E-state index in [1.165, 1.54) is 12.8 Å². The first-order valence-corrected chi connectivity index (χ1v) is 4.71. The van der Waals surface area contributed by atoms with E-state index in [-0.39, 0.29) is 0 Å². The summed E-state index contributed by atoms with van der Waals surface area (Å²) in [5.41, 5.74) is 1.54. The molecule has 0 saturated heterocycles. The van der Waals surface area contributed by atoms with Gasteiger partial charge >= 0.3 is 0 Å². The average Bonchev–Trinajstić information content (AvgIpc) is 2.82. The van der Waals surface area contributed by atoms with Crippen LogP contribution in [0, 0.1) is 12.3 Å². The van der Waals surface area contributed by atoms with Gasteiger partial charge in [0.1, 0.15) is 12.1 Å². The van der Waals surface area contributed by atoms with Crippen LogP contribution in [0.3, 0.4) is 0 Å².